The van der Waals surface area contributed by atoms with Crippen molar-refractivity contribution in [2.75, 3.05) is 11.4 Å². The SMILES string of the molecule is Cc1cccc(F)c1S(=O)(=O)N(C)c1ccc(O)cc1. The molecule has 1 N–H and O–H groups in total. The minimum absolute atomic E-state index is 0.0293. The number of rotatable bonds is 3. The Bertz CT molecular complexity index is 706. The van der Waals surface area contributed by atoms with Crippen LogP contribution in [0.3, 0.4) is 0 Å². The van der Waals surface area contributed by atoms with E-state index in [1.54, 1.807) is 13.0 Å². The predicted octanol–water partition coefficient (Wildman–Crippen LogP) is 2.66. The summed E-state index contributed by atoms with van der Waals surface area (Å²) in [5.74, 6) is -0.753. The third-order valence-electron chi connectivity index (χ3n) is 3.00. The van der Waals surface area contributed by atoms with Crippen LogP contribution < -0.4 is 4.31 Å². The molecule has 20 heavy (non-hydrogen) atoms. The minimum atomic E-state index is -3.99. The molecule has 2 aromatic carbocycles. The minimum Gasteiger partial charge on any atom is -0.508 e. The maximum Gasteiger partial charge on any atom is 0.267 e. The summed E-state index contributed by atoms with van der Waals surface area (Å²) in [6.07, 6.45) is 0. The molecule has 6 heteroatoms. The summed E-state index contributed by atoms with van der Waals surface area (Å²) in [7, 11) is -2.65. The third-order valence-corrected chi connectivity index (χ3v) is 4.96. The van der Waals surface area contributed by atoms with Crippen LogP contribution >= 0.6 is 0 Å². The number of aryl methyl sites for hydroxylation is 1. The van der Waals surface area contributed by atoms with Crippen LogP contribution in [0.25, 0.3) is 0 Å². The number of phenols is 1. The van der Waals surface area contributed by atoms with E-state index in [1.807, 2.05) is 0 Å². The average Bonchev–Trinajstić information content (AvgIpc) is 2.38. The van der Waals surface area contributed by atoms with E-state index in [1.165, 1.54) is 37.4 Å². The van der Waals surface area contributed by atoms with Crippen molar-refractivity contribution in [1.82, 2.24) is 0 Å². The van der Waals surface area contributed by atoms with E-state index in [4.69, 9.17) is 0 Å². The molecule has 2 aromatic rings. The number of phenolic OH excluding ortho intramolecular Hbond substituents is 1. The Kier molecular flexibility index (Phi) is 3.67. The normalized spacial score (nSPS) is 11.3. The van der Waals surface area contributed by atoms with Gasteiger partial charge < -0.3 is 5.11 Å². The highest BCUT2D eigenvalue weighted by molar-refractivity contribution is 7.92. The van der Waals surface area contributed by atoms with Crippen molar-refractivity contribution < 1.29 is 17.9 Å². The summed E-state index contributed by atoms with van der Waals surface area (Å²) in [4.78, 5) is -0.337. The average molecular weight is 295 g/mol. The zero-order valence-corrected chi connectivity index (χ0v) is 11.9. The van der Waals surface area contributed by atoms with Gasteiger partial charge in [0.15, 0.2) is 0 Å². The molecular formula is C14H14FNO3S. The molecule has 0 aliphatic heterocycles. The summed E-state index contributed by atoms with van der Waals surface area (Å²) in [5, 5.41) is 9.22. The predicted molar refractivity (Wildman–Crippen MR) is 74.8 cm³/mol. The van der Waals surface area contributed by atoms with Crippen molar-refractivity contribution in [3.8, 4) is 5.75 Å². The Morgan fingerprint density at radius 1 is 1.10 bits per heavy atom. The second kappa shape index (κ2) is 5.13. The second-order valence-electron chi connectivity index (χ2n) is 4.37. The van der Waals surface area contributed by atoms with Gasteiger partial charge in [-0.3, -0.25) is 4.31 Å². The monoisotopic (exact) mass is 295 g/mol. The summed E-state index contributed by atoms with van der Waals surface area (Å²) < 4.78 is 39.8. The molecule has 2 rings (SSSR count). The molecule has 0 aliphatic carbocycles. The van der Waals surface area contributed by atoms with E-state index in [0.717, 1.165) is 10.4 Å². The molecule has 0 saturated heterocycles. The van der Waals surface area contributed by atoms with Gasteiger partial charge in [0.05, 0.1) is 5.69 Å². The molecule has 0 radical (unpaired) electrons. The van der Waals surface area contributed by atoms with Crippen LogP contribution in [0.2, 0.25) is 0 Å². The van der Waals surface area contributed by atoms with E-state index < -0.39 is 15.8 Å². The van der Waals surface area contributed by atoms with Crippen LogP contribution in [0.15, 0.2) is 47.4 Å². The maximum atomic E-state index is 13.8. The molecule has 0 spiro atoms. The standard InChI is InChI=1S/C14H14FNO3S/c1-10-4-3-5-13(15)14(10)20(18,19)16(2)11-6-8-12(17)9-7-11/h3-9,17H,1-2H3. The van der Waals surface area contributed by atoms with E-state index in [0.29, 0.717) is 11.3 Å². The molecule has 0 saturated carbocycles. The van der Waals surface area contributed by atoms with Crippen molar-refractivity contribution in [1.29, 1.82) is 0 Å². The molecule has 0 heterocycles. The van der Waals surface area contributed by atoms with Crippen molar-refractivity contribution in [3.63, 3.8) is 0 Å². The molecule has 106 valence electrons. The summed E-state index contributed by atoms with van der Waals surface area (Å²) in [5.41, 5.74) is 0.682. The van der Waals surface area contributed by atoms with Crippen LogP contribution in [-0.2, 0) is 10.0 Å². The Balaban J connectivity index is 2.52. The van der Waals surface area contributed by atoms with E-state index in [9.17, 15) is 17.9 Å². The van der Waals surface area contributed by atoms with Gasteiger partial charge in [-0.1, -0.05) is 12.1 Å². The Morgan fingerprint density at radius 3 is 2.25 bits per heavy atom. The molecule has 0 atom stereocenters. The number of hydrogen-bond donors (Lipinski definition) is 1. The summed E-state index contributed by atoms with van der Waals surface area (Å²) in [6, 6.07) is 9.76. The lowest BCUT2D eigenvalue weighted by Crippen LogP contribution is -2.28. The highest BCUT2D eigenvalue weighted by Gasteiger charge is 2.26. The van der Waals surface area contributed by atoms with E-state index in [-0.39, 0.29) is 10.6 Å². The zero-order chi connectivity index (χ0) is 14.9. The Labute approximate surface area is 117 Å². The van der Waals surface area contributed by atoms with Gasteiger partial charge in [-0.25, -0.2) is 12.8 Å². The molecule has 0 bridgehead atoms. The first-order valence-electron chi connectivity index (χ1n) is 5.87. The first kappa shape index (κ1) is 14.3. The fourth-order valence-electron chi connectivity index (χ4n) is 1.88. The van der Waals surface area contributed by atoms with Crippen LogP contribution in [-0.4, -0.2) is 20.6 Å². The first-order valence-corrected chi connectivity index (χ1v) is 7.31. The lowest BCUT2D eigenvalue weighted by molar-refractivity contribution is 0.475. The molecule has 0 amide bonds. The summed E-state index contributed by atoms with van der Waals surface area (Å²) >= 11 is 0. The molecular weight excluding hydrogens is 281 g/mol. The van der Waals surface area contributed by atoms with Gasteiger partial charge in [0, 0.05) is 7.05 Å². The van der Waals surface area contributed by atoms with Gasteiger partial charge >= 0.3 is 0 Å². The number of benzene rings is 2. The van der Waals surface area contributed by atoms with Crippen molar-refractivity contribution in [2.24, 2.45) is 0 Å². The van der Waals surface area contributed by atoms with Crippen molar-refractivity contribution in [2.45, 2.75) is 11.8 Å². The van der Waals surface area contributed by atoms with Gasteiger partial charge in [0.2, 0.25) is 0 Å². The van der Waals surface area contributed by atoms with Gasteiger partial charge in [-0.2, -0.15) is 0 Å². The number of anilines is 1. The lowest BCUT2D eigenvalue weighted by atomic mass is 10.2. The lowest BCUT2D eigenvalue weighted by Gasteiger charge is -2.21. The Hall–Kier alpha value is -2.08. The van der Waals surface area contributed by atoms with Crippen LogP contribution in [0.1, 0.15) is 5.56 Å². The van der Waals surface area contributed by atoms with Gasteiger partial charge in [-0.05, 0) is 42.8 Å². The van der Waals surface area contributed by atoms with Crippen molar-refractivity contribution >= 4 is 15.7 Å². The number of aromatic hydroxyl groups is 1. The number of sulfonamides is 1. The smallest absolute Gasteiger partial charge is 0.267 e. The van der Waals surface area contributed by atoms with Crippen LogP contribution in [0.4, 0.5) is 10.1 Å². The third kappa shape index (κ3) is 2.46. The first-order chi connectivity index (χ1) is 9.34. The quantitative estimate of drug-likeness (QED) is 0.947. The Morgan fingerprint density at radius 2 is 1.70 bits per heavy atom. The fourth-order valence-corrected chi connectivity index (χ4v) is 3.34. The zero-order valence-electron chi connectivity index (χ0n) is 11.0. The number of hydrogen-bond acceptors (Lipinski definition) is 3. The maximum absolute atomic E-state index is 13.8. The molecule has 0 aromatic heterocycles. The molecule has 0 unspecified atom stereocenters. The molecule has 0 aliphatic rings. The van der Waals surface area contributed by atoms with Gasteiger partial charge in [0.1, 0.15) is 16.5 Å². The van der Waals surface area contributed by atoms with Gasteiger partial charge in [0.25, 0.3) is 10.0 Å². The van der Waals surface area contributed by atoms with E-state index in [2.05, 4.69) is 0 Å². The molecule has 0 fully saturated rings. The highest BCUT2D eigenvalue weighted by Crippen LogP contribution is 2.27. The number of halogens is 1. The highest BCUT2D eigenvalue weighted by atomic mass is 32.2. The van der Waals surface area contributed by atoms with Crippen molar-refractivity contribution in [3.05, 3.63) is 53.8 Å². The summed E-state index contributed by atoms with van der Waals surface area (Å²) in [6.45, 7) is 1.54. The van der Waals surface area contributed by atoms with Gasteiger partial charge in [-0.15, -0.1) is 0 Å². The van der Waals surface area contributed by atoms with Crippen LogP contribution in [0.5, 0.6) is 5.75 Å². The molecule has 4 nitrogen and oxygen atoms in total. The number of nitrogens with zero attached hydrogens (tertiary/aromatic N) is 1. The fraction of sp³-hybridized carbons (Fsp3) is 0.143. The second-order valence-corrected chi connectivity index (χ2v) is 6.28. The topological polar surface area (TPSA) is 57.6 Å². The van der Waals surface area contributed by atoms with Crippen LogP contribution in [0, 0.1) is 12.7 Å². The van der Waals surface area contributed by atoms with E-state index >= 15 is 0 Å². The largest absolute Gasteiger partial charge is 0.508 e.